The molecule has 1 amide bonds. The molecule has 4 rings (SSSR count). The van der Waals surface area contributed by atoms with Crippen molar-refractivity contribution in [2.24, 2.45) is 0 Å². The van der Waals surface area contributed by atoms with Gasteiger partial charge in [-0.15, -0.1) is 0 Å². The highest BCUT2D eigenvalue weighted by Crippen LogP contribution is 2.21. The quantitative estimate of drug-likeness (QED) is 0.706. The minimum atomic E-state index is -0.366. The number of benzene rings is 1. The number of hydrogen-bond acceptors (Lipinski definition) is 5. The average Bonchev–Trinajstić information content (AvgIpc) is 2.69. The first kappa shape index (κ1) is 18.0. The van der Waals surface area contributed by atoms with Crippen LogP contribution in [0.5, 0.6) is 0 Å². The van der Waals surface area contributed by atoms with Crippen LogP contribution in [0.2, 0.25) is 0 Å². The predicted octanol–water partition coefficient (Wildman–Crippen LogP) is 2.51. The van der Waals surface area contributed by atoms with E-state index in [4.69, 9.17) is 0 Å². The van der Waals surface area contributed by atoms with Gasteiger partial charge >= 0.3 is 0 Å². The van der Waals surface area contributed by atoms with Crippen LogP contribution in [0.1, 0.15) is 41.4 Å². The van der Waals surface area contributed by atoms with E-state index in [2.05, 4.69) is 15.3 Å². The van der Waals surface area contributed by atoms with Crippen LogP contribution < -0.4 is 10.9 Å². The summed E-state index contributed by atoms with van der Waals surface area (Å²) >= 11 is 0. The maximum absolute atomic E-state index is 12.8. The van der Waals surface area contributed by atoms with Crippen molar-refractivity contribution in [2.45, 2.75) is 39.2 Å². The van der Waals surface area contributed by atoms with Crippen LogP contribution in [-0.2, 0) is 24.2 Å². The maximum Gasteiger partial charge on any atom is 0.263 e. The average molecular weight is 376 g/mol. The molecule has 0 aliphatic heterocycles. The van der Waals surface area contributed by atoms with Gasteiger partial charge in [-0.2, -0.15) is 0 Å². The van der Waals surface area contributed by atoms with Crippen LogP contribution in [0.4, 0.5) is 5.69 Å². The van der Waals surface area contributed by atoms with Gasteiger partial charge in [0.15, 0.2) is 11.4 Å². The highest BCUT2D eigenvalue weighted by Gasteiger charge is 2.15. The third kappa shape index (κ3) is 3.55. The fourth-order valence-electron chi connectivity index (χ4n) is 3.49. The Morgan fingerprint density at radius 3 is 2.82 bits per heavy atom. The molecular formula is C21H20N4O3. The zero-order valence-electron chi connectivity index (χ0n) is 15.6. The molecule has 0 unspecified atom stereocenters. The van der Waals surface area contributed by atoms with Crippen molar-refractivity contribution in [3.8, 4) is 0 Å². The molecule has 0 radical (unpaired) electrons. The van der Waals surface area contributed by atoms with E-state index in [-0.39, 0.29) is 23.8 Å². The molecule has 7 nitrogen and oxygen atoms in total. The number of hydrogen-bond donors (Lipinski definition) is 1. The van der Waals surface area contributed by atoms with Gasteiger partial charge in [0, 0.05) is 16.9 Å². The molecule has 0 saturated heterocycles. The minimum absolute atomic E-state index is 0.0816. The second kappa shape index (κ2) is 7.34. The van der Waals surface area contributed by atoms with E-state index in [0.29, 0.717) is 22.3 Å². The van der Waals surface area contributed by atoms with Gasteiger partial charge < -0.3 is 5.32 Å². The van der Waals surface area contributed by atoms with Gasteiger partial charge in [0.25, 0.3) is 5.56 Å². The molecule has 2 heterocycles. The number of carbonyl (C=O) groups is 2. The lowest BCUT2D eigenvalue weighted by molar-refractivity contribution is -0.116. The Labute approximate surface area is 161 Å². The minimum Gasteiger partial charge on any atom is -0.325 e. The lowest BCUT2D eigenvalue weighted by Crippen LogP contribution is -2.28. The predicted molar refractivity (Wildman–Crippen MR) is 106 cm³/mol. The number of nitrogens with one attached hydrogen (secondary N) is 1. The molecule has 1 aromatic carbocycles. The molecule has 1 aliphatic carbocycles. The standard InChI is InChI=1S/C21H20N4O3/c1-13(26)14-6-4-7-16(9-14)23-19(27)11-25-12-22-20-17(21(25)28)10-15-5-2-3-8-18(15)24-20/h4,6-7,9-10,12H,2-3,5,8,11H2,1H3,(H,23,27). The highest BCUT2D eigenvalue weighted by atomic mass is 16.2. The Morgan fingerprint density at radius 1 is 1.18 bits per heavy atom. The number of carbonyl (C=O) groups excluding carboxylic acids is 2. The van der Waals surface area contributed by atoms with Crippen LogP contribution in [-0.4, -0.2) is 26.2 Å². The first-order chi connectivity index (χ1) is 13.5. The molecule has 142 valence electrons. The van der Waals surface area contributed by atoms with Crippen LogP contribution >= 0.6 is 0 Å². The van der Waals surface area contributed by atoms with Gasteiger partial charge in [-0.3, -0.25) is 19.0 Å². The lowest BCUT2D eigenvalue weighted by Gasteiger charge is -2.15. The van der Waals surface area contributed by atoms with Crippen molar-refractivity contribution >= 4 is 28.4 Å². The smallest absolute Gasteiger partial charge is 0.263 e. The zero-order chi connectivity index (χ0) is 19.7. The third-order valence-corrected chi connectivity index (χ3v) is 4.96. The molecule has 0 atom stereocenters. The van der Waals surface area contributed by atoms with Crippen molar-refractivity contribution in [3.05, 3.63) is 63.8 Å². The molecule has 28 heavy (non-hydrogen) atoms. The molecule has 0 spiro atoms. The topological polar surface area (TPSA) is 93.9 Å². The van der Waals surface area contributed by atoms with Gasteiger partial charge in [-0.25, -0.2) is 9.97 Å². The number of aryl methyl sites for hydroxylation is 2. The molecule has 3 aromatic rings. The number of Topliss-reactive ketones (excluding diaryl/α,β-unsaturated/α-hetero) is 1. The van der Waals surface area contributed by atoms with E-state index < -0.39 is 0 Å². The number of anilines is 1. The fraction of sp³-hybridized carbons (Fsp3) is 0.286. The van der Waals surface area contributed by atoms with E-state index in [1.165, 1.54) is 17.8 Å². The molecule has 1 aliphatic rings. The fourth-order valence-corrected chi connectivity index (χ4v) is 3.49. The van der Waals surface area contributed by atoms with E-state index in [1.807, 2.05) is 6.07 Å². The van der Waals surface area contributed by atoms with E-state index >= 15 is 0 Å². The number of amides is 1. The maximum atomic E-state index is 12.8. The molecule has 0 saturated carbocycles. The summed E-state index contributed by atoms with van der Waals surface area (Å²) in [5, 5.41) is 3.16. The van der Waals surface area contributed by atoms with Gasteiger partial charge in [0.1, 0.15) is 12.9 Å². The van der Waals surface area contributed by atoms with Crippen molar-refractivity contribution in [2.75, 3.05) is 5.32 Å². The second-order valence-electron chi connectivity index (χ2n) is 7.04. The van der Waals surface area contributed by atoms with Crippen LogP contribution in [0, 0.1) is 0 Å². The van der Waals surface area contributed by atoms with Crippen molar-refractivity contribution in [1.82, 2.24) is 14.5 Å². The normalized spacial score (nSPS) is 13.2. The highest BCUT2D eigenvalue weighted by molar-refractivity contribution is 5.97. The van der Waals surface area contributed by atoms with Crippen molar-refractivity contribution in [3.63, 3.8) is 0 Å². The Balaban J connectivity index is 1.58. The van der Waals surface area contributed by atoms with E-state index in [0.717, 1.165) is 36.9 Å². The van der Waals surface area contributed by atoms with Gasteiger partial charge in [-0.05, 0) is 56.4 Å². The second-order valence-corrected chi connectivity index (χ2v) is 7.04. The van der Waals surface area contributed by atoms with Gasteiger partial charge in [0.05, 0.1) is 5.39 Å². The summed E-state index contributed by atoms with van der Waals surface area (Å²) in [5.74, 6) is -0.447. The number of ketones is 1. The molecule has 0 bridgehead atoms. The van der Waals surface area contributed by atoms with Gasteiger partial charge in [-0.1, -0.05) is 12.1 Å². The van der Waals surface area contributed by atoms with Crippen molar-refractivity contribution < 1.29 is 9.59 Å². The van der Waals surface area contributed by atoms with Crippen LogP contribution in [0.25, 0.3) is 11.0 Å². The molecule has 2 aromatic heterocycles. The number of aromatic nitrogens is 3. The molecular weight excluding hydrogens is 356 g/mol. The third-order valence-electron chi connectivity index (χ3n) is 4.96. The van der Waals surface area contributed by atoms with Crippen LogP contribution in [0.3, 0.4) is 0 Å². The molecule has 1 N–H and O–H groups in total. The summed E-state index contributed by atoms with van der Waals surface area (Å²) in [6.45, 7) is 1.30. The molecule has 7 heteroatoms. The summed E-state index contributed by atoms with van der Waals surface area (Å²) in [4.78, 5) is 45.5. The Kier molecular flexibility index (Phi) is 4.73. The number of nitrogens with zero attached hydrogens (tertiary/aromatic N) is 3. The van der Waals surface area contributed by atoms with E-state index in [9.17, 15) is 14.4 Å². The SMILES string of the molecule is CC(=O)c1cccc(NC(=O)Cn2cnc3nc4c(cc3c2=O)CCCC4)c1. The summed E-state index contributed by atoms with van der Waals surface area (Å²) < 4.78 is 1.28. The number of rotatable bonds is 4. The lowest BCUT2D eigenvalue weighted by atomic mass is 9.95. The number of pyridine rings is 1. The molecule has 0 fully saturated rings. The summed E-state index contributed by atoms with van der Waals surface area (Å²) in [6, 6.07) is 8.56. The Bertz CT molecular complexity index is 1150. The number of fused-ring (bicyclic) bond motifs is 2. The summed E-state index contributed by atoms with van der Waals surface area (Å²) in [5.41, 5.74) is 3.29. The van der Waals surface area contributed by atoms with Crippen molar-refractivity contribution in [1.29, 1.82) is 0 Å². The van der Waals surface area contributed by atoms with E-state index in [1.54, 1.807) is 24.3 Å². The zero-order valence-corrected chi connectivity index (χ0v) is 15.6. The first-order valence-corrected chi connectivity index (χ1v) is 9.30. The van der Waals surface area contributed by atoms with Gasteiger partial charge in [0.2, 0.25) is 5.91 Å². The Morgan fingerprint density at radius 2 is 2.00 bits per heavy atom. The monoisotopic (exact) mass is 376 g/mol. The largest absolute Gasteiger partial charge is 0.325 e. The van der Waals surface area contributed by atoms with Crippen LogP contribution in [0.15, 0.2) is 41.5 Å². The Hall–Kier alpha value is -3.35. The summed E-state index contributed by atoms with van der Waals surface area (Å²) in [7, 11) is 0. The first-order valence-electron chi connectivity index (χ1n) is 9.30. The summed E-state index contributed by atoms with van der Waals surface area (Å²) in [6.07, 6.45) is 5.39.